The quantitative estimate of drug-likeness (QED) is 0.384. The summed E-state index contributed by atoms with van der Waals surface area (Å²) in [6, 6.07) is 3.29. The largest absolute Gasteiger partial charge is 0.475 e. The van der Waals surface area contributed by atoms with Crippen LogP contribution in [0.25, 0.3) is 0 Å². The SMILES string of the molecule is CC(C)OC(=O)COc1ccc(S(=O)(=O)N2CCOCC2)cc1[N+](=O)[O-]. The highest BCUT2D eigenvalue weighted by Crippen LogP contribution is 2.31. The predicted octanol–water partition coefficient (Wildman–Crippen LogP) is 0.946. The molecule has 0 atom stereocenters. The topological polar surface area (TPSA) is 125 Å². The van der Waals surface area contributed by atoms with Crippen LogP contribution in [0.2, 0.25) is 0 Å². The zero-order chi connectivity index (χ0) is 19.3. The zero-order valence-electron chi connectivity index (χ0n) is 14.4. The summed E-state index contributed by atoms with van der Waals surface area (Å²) < 4.78 is 41.5. The highest BCUT2D eigenvalue weighted by atomic mass is 32.2. The van der Waals surface area contributed by atoms with Crippen molar-refractivity contribution in [2.75, 3.05) is 32.9 Å². The molecule has 2 rings (SSSR count). The van der Waals surface area contributed by atoms with Crippen LogP contribution in [0.15, 0.2) is 23.1 Å². The molecule has 0 spiro atoms. The van der Waals surface area contributed by atoms with E-state index in [2.05, 4.69) is 0 Å². The third kappa shape index (κ3) is 4.90. The van der Waals surface area contributed by atoms with Crippen LogP contribution in [0.4, 0.5) is 5.69 Å². The number of carbonyl (C=O) groups is 1. The van der Waals surface area contributed by atoms with Gasteiger partial charge in [-0.15, -0.1) is 0 Å². The Morgan fingerprint density at radius 3 is 2.58 bits per heavy atom. The van der Waals surface area contributed by atoms with Gasteiger partial charge in [0.1, 0.15) is 0 Å². The van der Waals surface area contributed by atoms with Gasteiger partial charge >= 0.3 is 11.7 Å². The van der Waals surface area contributed by atoms with Gasteiger partial charge in [-0.3, -0.25) is 10.1 Å². The van der Waals surface area contributed by atoms with Crippen molar-refractivity contribution in [2.45, 2.75) is 24.8 Å². The first-order valence-electron chi connectivity index (χ1n) is 7.90. The van der Waals surface area contributed by atoms with Crippen molar-refractivity contribution in [2.24, 2.45) is 0 Å². The van der Waals surface area contributed by atoms with Gasteiger partial charge in [-0.25, -0.2) is 13.2 Å². The highest BCUT2D eigenvalue weighted by molar-refractivity contribution is 7.89. The van der Waals surface area contributed by atoms with Gasteiger partial charge in [0.05, 0.1) is 29.1 Å². The number of esters is 1. The third-order valence-electron chi connectivity index (χ3n) is 3.45. The van der Waals surface area contributed by atoms with E-state index in [0.717, 1.165) is 12.1 Å². The minimum atomic E-state index is -3.88. The van der Waals surface area contributed by atoms with Gasteiger partial charge in [0.25, 0.3) is 0 Å². The van der Waals surface area contributed by atoms with Crippen molar-refractivity contribution in [3.05, 3.63) is 28.3 Å². The number of morpholine rings is 1. The Morgan fingerprint density at radius 1 is 1.35 bits per heavy atom. The molecule has 0 bridgehead atoms. The number of nitro groups is 1. The van der Waals surface area contributed by atoms with E-state index < -0.39 is 33.2 Å². The van der Waals surface area contributed by atoms with Crippen LogP contribution in [-0.2, 0) is 24.3 Å². The maximum atomic E-state index is 12.6. The van der Waals surface area contributed by atoms with Gasteiger partial charge in [-0.1, -0.05) is 0 Å². The van der Waals surface area contributed by atoms with Crippen LogP contribution < -0.4 is 4.74 Å². The predicted molar refractivity (Wildman–Crippen MR) is 89.4 cm³/mol. The molecule has 26 heavy (non-hydrogen) atoms. The lowest BCUT2D eigenvalue weighted by Crippen LogP contribution is -2.40. The summed E-state index contributed by atoms with van der Waals surface area (Å²) in [5.74, 6) is -0.893. The van der Waals surface area contributed by atoms with Gasteiger partial charge in [0.2, 0.25) is 10.0 Å². The van der Waals surface area contributed by atoms with Crippen molar-refractivity contribution in [3.63, 3.8) is 0 Å². The van der Waals surface area contributed by atoms with Crippen molar-refractivity contribution < 1.29 is 32.3 Å². The van der Waals surface area contributed by atoms with E-state index in [4.69, 9.17) is 14.2 Å². The van der Waals surface area contributed by atoms with Gasteiger partial charge in [-0.2, -0.15) is 4.31 Å². The molecule has 0 aromatic heterocycles. The Bertz CT molecular complexity index is 772. The number of nitrogens with zero attached hydrogens (tertiary/aromatic N) is 2. The number of carbonyl (C=O) groups excluding carboxylic acids is 1. The van der Waals surface area contributed by atoms with Crippen LogP contribution in [0.3, 0.4) is 0 Å². The maximum Gasteiger partial charge on any atom is 0.344 e. The fraction of sp³-hybridized carbons (Fsp3) is 0.533. The fourth-order valence-electron chi connectivity index (χ4n) is 2.29. The van der Waals surface area contributed by atoms with E-state index in [1.165, 1.54) is 10.4 Å². The second-order valence-electron chi connectivity index (χ2n) is 5.73. The molecular formula is C15H20N2O8S. The molecule has 1 fully saturated rings. The standard InChI is InChI=1S/C15H20N2O8S/c1-11(2)25-15(18)10-24-14-4-3-12(9-13(14)17(19)20)26(21,22)16-5-7-23-8-6-16/h3-4,9,11H,5-8,10H2,1-2H3. The molecule has 0 aliphatic carbocycles. The summed E-state index contributed by atoms with van der Waals surface area (Å²) >= 11 is 0. The lowest BCUT2D eigenvalue weighted by atomic mass is 10.3. The third-order valence-corrected chi connectivity index (χ3v) is 5.34. The van der Waals surface area contributed by atoms with E-state index in [9.17, 15) is 23.3 Å². The molecule has 1 aromatic rings. The molecule has 0 amide bonds. The highest BCUT2D eigenvalue weighted by Gasteiger charge is 2.29. The molecule has 1 heterocycles. The summed E-state index contributed by atoms with van der Waals surface area (Å²) in [5.41, 5.74) is -0.545. The lowest BCUT2D eigenvalue weighted by Gasteiger charge is -2.26. The Hall–Kier alpha value is -2.24. The number of nitro benzene ring substituents is 1. The molecule has 0 radical (unpaired) electrons. The Kier molecular flexibility index (Phi) is 6.51. The minimum Gasteiger partial charge on any atom is -0.475 e. The van der Waals surface area contributed by atoms with Crippen LogP contribution in [0, 0.1) is 10.1 Å². The number of benzene rings is 1. The Morgan fingerprint density at radius 2 is 2.00 bits per heavy atom. The zero-order valence-corrected chi connectivity index (χ0v) is 15.2. The number of hydrogen-bond donors (Lipinski definition) is 0. The molecule has 0 N–H and O–H groups in total. The molecule has 10 nitrogen and oxygen atoms in total. The normalized spacial score (nSPS) is 15.7. The molecule has 144 valence electrons. The summed E-state index contributed by atoms with van der Waals surface area (Å²) in [4.78, 5) is 21.8. The van der Waals surface area contributed by atoms with Crippen LogP contribution in [0.1, 0.15) is 13.8 Å². The fourth-order valence-corrected chi connectivity index (χ4v) is 3.72. The van der Waals surface area contributed by atoms with E-state index in [1.807, 2.05) is 0 Å². The average molecular weight is 388 g/mol. The Labute approximate surface area is 150 Å². The van der Waals surface area contributed by atoms with Gasteiger partial charge in [-0.05, 0) is 26.0 Å². The lowest BCUT2D eigenvalue weighted by molar-refractivity contribution is -0.386. The smallest absolute Gasteiger partial charge is 0.344 e. The summed E-state index contributed by atoms with van der Waals surface area (Å²) in [6.07, 6.45) is -0.345. The van der Waals surface area contributed by atoms with Crippen molar-refractivity contribution in [1.82, 2.24) is 4.31 Å². The summed E-state index contributed by atoms with van der Waals surface area (Å²) in [7, 11) is -3.88. The second-order valence-corrected chi connectivity index (χ2v) is 7.67. The van der Waals surface area contributed by atoms with Gasteiger partial charge in [0.15, 0.2) is 12.4 Å². The van der Waals surface area contributed by atoms with E-state index in [1.54, 1.807) is 13.8 Å². The molecular weight excluding hydrogens is 368 g/mol. The second kappa shape index (κ2) is 8.43. The van der Waals surface area contributed by atoms with Gasteiger partial charge < -0.3 is 14.2 Å². The van der Waals surface area contributed by atoms with Gasteiger partial charge in [0, 0.05) is 19.2 Å². The molecule has 1 aliphatic rings. The first kappa shape index (κ1) is 20.1. The molecule has 11 heteroatoms. The first-order chi connectivity index (χ1) is 12.2. The number of hydrogen-bond acceptors (Lipinski definition) is 8. The molecule has 1 aliphatic heterocycles. The average Bonchev–Trinajstić information content (AvgIpc) is 2.59. The molecule has 1 saturated heterocycles. The van der Waals surface area contributed by atoms with Crippen molar-refractivity contribution in [1.29, 1.82) is 0 Å². The number of sulfonamides is 1. The van der Waals surface area contributed by atoms with E-state index in [0.29, 0.717) is 0 Å². The van der Waals surface area contributed by atoms with E-state index in [-0.39, 0.29) is 43.1 Å². The van der Waals surface area contributed by atoms with Crippen LogP contribution >= 0.6 is 0 Å². The monoisotopic (exact) mass is 388 g/mol. The maximum absolute atomic E-state index is 12.6. The number of ether oxygens (including phenoxy) is 3. The summed E-state index contributed by atoms with van der Waals surface area (Å²) in [5, 5.41) is 11.3. The molecule has 1 aromatic carbocycles. The minimum absolute atomic E-state index is 0.176. The molecule has 0 unspecified atom stereocenters. The first-order valence-corrected chi connectivity index (χ1v) is 9.34. The van der Waals surface area contributed by atoms with Crippen molar-refractivity contribution in [3.8, 4) is 5.75 Å². The van der Waals surface area contributed by atoms with Crippen LogP contribution in [-0.4, -0.2) is 62.6 Å². The van der Waals surface area contributed by atoms with Crippen LogP contribution in [0.5, 0.6) is 5.75 Å². The Balaban J connectivity index is 2.22. The summed E-state index contributed by atoms with van der Waals surface area (Å²) in [6.45, 7) is 3.68. The number of rotatable bonds is 7. The molecule has 0 saturated carbocycles. The van der Waals surface area contributed by atoms with Crippen molar-refractivity contribution >= 4 is 21.7 Å². The van der Waals surface area contributed by atoms with E-state index >= 15 is 0 Å².